The van der Waals surface area contributed by atoms with Crippen molar-refractivity contribution in [3.8, 4) is 11.5 Å². The molecule has 1 aromatic carbocycles. The summed E-state index contributed by atoms with van der Waals surface area (Å²) in [5.74, 6) is -0.544. The van der Waals surface area contributed by atoms with Crippen molar-refractivity contribution in [2.24, 2.45) is 5.92 Å². The lowest BCUT2D eigenvalue weighted by atomic mass is 10.0. The van der Waals surface area contributed by atoms with Gasteiger partial charge in [-0.25, -0.2) is 14.4 Å². The van der Waals surface area contributed by atoms with Crippen molar-refractivity contribution in [2.45, 2.75) is 105 Å². The van der Waals surface area contributed by atoms with Crippen LogP contribution in [-0.2, 0) is 34.9 Å². The normalized spacial score (nSPS) is 13.7. The number of ether oxygens (including phenoxy) is 7. The summed E-state index contributed by atoms with van der Waals surface area (Å²) in [4.78, 5) is 49.2. The number of methoxy groups -OCH3 is 1. The SMILES string of the molecule is CCCC(C)OC(=O)Oc1ccc(C[C@H](NCC(C)OC(=O)OCC(C)C)C(=O)OC)cc1OC(=O)OC(C)CCC. The number of carbonyl (C=O) groups excluding carboxylic acids is 4. The van der Waals surface area contributed by atoms with Gasteiger partial charge in [-0.15, -0.1) is 0 Å². The lowest BCUT2D eigenvalue weighted by Gasteiger charge is -2.20. The molecule has 0 bridgehead atoms. The van der Waals surface area contributed by atoms with Crippen molar-refractivity contribution in [2.75, 3.05) is 20.3 Å². The quantitative estimate of drug-likeness (QED) is 0.128. The van der Waals surface area contributed by atoms with E-state index in [4.69, 9.17) is 33.2 Å². The van der Waals surface area contributed by atoms with E-state index in [9.17, 15) is 19.2 Å². The zero-order valence-corrected chi connectivity index (χ0v) is 26.1. The van der Waals surface area contributed by atoms with Crippen molar-refractivity contribution in [1.82, 2.24) is 5.32 Å². The molecule has 0 aliphatic heterocycles. The number of hydrogen-bond acceptors (Lipinski definition) is 12. The maximum Gasteiger partial charge on any atom is 0.514 e. The smallest absolute Gasteiger partial charge is 0.468 e. The molecule has 0 aromatic heterocycles. The van der Waals surface area contributed by atoms with Crippen molar-refractivity contribution in [3.05, 3.63) is 23.8 Å². The fraction of sp³-hybridized carbons (Fsp3) is 0.667. The van der Waals surface area contributed by atoms with Gasteiger partial charge >= 0.3 is 24.4 Å². The van der Waals surface area contributed by atoms with Gasteiger partial charge in [0, 0.05) is 6.54 Å². The average Bonchev–Trinajstić information content (AvgIpc) is 2.90. The molecule has 0 fully saturated rings. The third kappa shape index (κ3) is 14.9. The van der Waals surface area contributed by atoms with E-state index < -0.39 is 36.6 Å². The topological polar surface area (TPSA) is 145 Å². The molecule has 12 heteroatoms. The summed E-state index contributed by atoms with van der Waals surface area (Å²) in [7, 11) is 1.25. The molecule has 1 rings (SSSR count). The Hall–Kier alpha value is -3.54. The number of nitrogens with one attached hydrogen (secondary N) is 1. The number of benzene rings is 1. The third-order valence-corrected chi connectivity index (χ3v) is 5.79. The summed E-state index contributed by atoms with van der Waals surface area (Å²) >= 11 is 0. The van der Waals surface area contributed by atoms with Gasteiger partial charge in [-0.1, -0.05) is 46.6 Å². The van der Waals surface area contributed by atoms with Gasteiger partial charge in [0.15, 0.2) is 11.5 Å². The summed E-state index contributed by atoms with van der Waals surface area (Å²) < 4.78 is 36.4. The first-order valence-electron chi connectivity index (χ1n) is 14.4. The molecule has 0 aliphatic carbocycles. The van der Waals surface area contributed by atoms with Crippen LogP contribution in [0.25, 0.3) is 0 Å². The van der Waals surface area contributed by atoms with Gasteiger partial charge in [0.25, 0.3) is 0 Å². The van der Waals surface area contributed by atoms with Crippen molar-refractivity contribution in [3.63, 3.8) is 0 Å². The van der Waals surface area contributed by atoms with Crippen LogP contribution in [-0.4, -0.2) is 69.1 Å². The first-order chi connectivity index (χ1) is 19.9. The molecule has 0 heterocycles. The Morgan fingerprint density at radius 3 is 1.83 bits per heavy atom. The molecular formula is C30H47NO11. The maximum atomic E-state index is 12.5. The standard InChI is InChI=1S/C30H47NO11/c1-9-11-20(5)38-29(34)41-25-14-13-23(16-26(25)42-30(35)39-21(6)12-10-2)15-24(27(32)36-8)31-17-22(7)40-28(33)37-18-19(3)4/h13-14,16,19-22,24,31H,9-12,15,17-18H2,1-8H3/t20?,21?,22?,24-/m0/s1. The van der Waals surface area contributed by atoms with Crippen LogP contribution in [0.4, 0.5) is 14.4 Å². The van der Waals surface area contributed by atoms with Crippen LogP contribution in [0, 0.1) is 5.92 Å². The molecule has 1 N–H and O–H groups in total. The molecule has 238 valence electrons. The molecule has 0 saturated carbocycles. The van der Waals surface area contributed by atoms with E-state index in [1.165, 1.54) is 19.2 Å². The van der Waals surface area contributed by atoms with Gasteiger partial charge in [0.05, 0.1) is 13.7 Å². The number of rotatable bonds is 17. The van der Waals surface area contributed by atoms with E-state index in [1.807, 2.05) is 27.7 Å². The Kier molecular flexibility index (Phi) is 17.0. The van der Waals surface area contributed by atoms with E-state index in [0.29, 0.717) is 18.4 Å². The highest BCUT2D eigenvalue weighted by Crippen LogP contribution is 2.30. The molecule has 1 aromatic rings. The van der Waals surface area contributed by atoms with Gasteiger partial charge in [-0.3, -0.25) is 4.79 Å². The summed E-state index contributed by atoms with van der Waals surface area (Å²) in [5, 5.41) is 3.02. The van der Waals surface area contributed by atoms with Crippen LogP contribution in [0.1, 0.15) is 79.7 Å². The largest absolute Gasteiger partial charge is 0.514 e. The predicted octanol–water partition coefficient (Wildman–Crippen LogP) is 5.97. The lowest BCUT2D eigenvalue weighted by Crippen LogP contribution is -2.43. The number of hydrogen-bond donors (Lipinski definition) is 1. The van der Waals surface area contributed by atoms with Crippen LogP contribution < -0.4 is 14.8 Å². The molecule has 0 saturated heterocycles. The minimum atomic E-state index is -0.969. The third-order valence-electron chi connectivity index (χ3n) is 5.79. The highest BCUT2D eigenvalue weighted by atomic mass is 16.8. The first-order valence-corrected chi connectivity index (χ1v) is 14.4. The molecule has 0 aliphatic rings. The van der Waals surface area contributed by atoms with Crippen LogP contribution in [0.2, 0.25) is 0 Å². The van der Waals surface area contributed by atoms with Gasteiger partial charge in [0.2, 0.25) is 0 Å². The van der Waals surface area contributed by atoms with E-state index >= 15 is 0 Å². The van der Waals surface area contributed by atoms with Gasteiger partial charge in [0.1, 0.15) is 24.4 Å². The summed E-state index contributed by atoms with van der Waals surface area (Å²) in [5.41, 5.74) is 0.548. The molecule has 0 radical (unpaired) electrons. The highest BCUT2D eigenvalue weighted by molar-refractivity contribution is 5.76. The minimum Gasteiger partial charge on any atom is -0.468 e. The molecule has 0 amide bonds. The van der Waals surface area contributed by atoms with Gasteiger partial charge in [-0.2, -0.15) is 0 Å². The van der Waals surface area contributed by atoms with Gasteiger partial charge in [-0.05, 0) is 63.6 Å². The Morgan fingerprint density at radius 1 is 0.762 bits per heavy atom. The van der Waals surface area contributed by atoms with Crippen LogP contribution >= 0.6 is 0 Å². The minimum absolute atomic E-state index is 0.0583. The summed E-state index contributed by atoms with van der Waals surface area (Å²) in [6, 6.07) is 3.66. The first kappa shape index (κ1) is 36.5. The molecule has 12 nitrogen and oxygen atoms in total. The Morgan fingerprint density at radius 2 is 1.31 bits per heavy atom. The fourth-order valence-corrected chi connectivity index (χ4v) is 3.73. The second kappa shape index (κ2) is 19.6. The van der Waals surface area contributed by atoms with Crippen molar-refractivity contribution >= 4 is 24.4 Å². The van der Waals surface area contributed by atoms with Crippen LogP contribution in [0.15, 0.2) is 18.2 Å². The predicted molar refractivity (Wildman–Crippen MR) is 154 cm³/mol. The second-order valence-electron chi connectivity index (χ2n) is 10.5. The van der Waals surface area contributed by atoms with E-state index in [1.54, 1.807) is 26.8 Å². The van der Waals surface area contributed by atoms with Crippen molar-refractivity contribution in [1.29, 1.82) is 0 Å². The van der Waals surface area contributed by atoms with Crippen LogP contribution in [0.5, 0.6) is 11.5 Å². The molecule has 3 unspecified atom stereocenters. The summed E-state index contributed by atoms with van der Waals surface area (Å²) in [6.07, 6.45) is -1.02. The van der Waals surface area contributed by atoms with E-state index in [-0.39, 0.29) is 49.2 Å². The fourth-order valence-electron chi connectivity index (χ4n) is 3.73. The van der Waals surface area contributed by atoms with Crippen LogP contribution in [0.3, 0.4) is 0 Å². The number of carbonyl (C=O) groups is 4. The lowest BCUT2D eigenvalue weighted by molar-refractivity contribution is -0.143. The zero-order chi connectivity index (χ0) is 31.7. The Labute approximate surface area is 248 Å². The zero-order valence-electron chi connectivity index (χ0n) is 26.1. The molecular weight excluding hydrogens is 550 g/mol. The van der Waals surface area contributed by atoms with E-state index in [0.717, 1.165) is 12.8 Å². The van der Waals surface area contributed by atoms with Crippen molar-refractivity contribution < 1.29 is 52.3 Å². The Bertz CT molecular complexity index is 997. The molecule has 42 heavy (non-hydrogen) atoms. The number of esters is 1. The molecule has 4 atom stereocenters. The average molecular weight is 598 g/mol. The summed E-state index contributed by atoms with van der Waals surface area (Å²) in [6.45, 7) is 13.2. The maximum absolute atomic E-state index is 12.5. The Balaban J connectivity index is 3.06. The second-order valence-corrected chi connectivity index (χ2v) is 10.5. The monoisotopic (exact) mass is 597 g/mol. The highest BCUT2D eigenvalue weighted by Gasteiger charge is 2.24. The van der Waals surface area contributed by atoms with E-state index in [2.05, 4.69) is 5.32 Å². The molecule has 0 spiro atoms. The van der Waals surface area contributed by atoms with Gasteiger partial charge < -0.3 is 38.5 Å².